The molecule has 0 spiro atoms. The average molecular weight is 649 g/mol. The van der Waals surface area contributed by atoms with Crippen LogP contribution in [0.25, 0.3) is 45.1 Å². The van der Waals surface area contributed by atoms with Gasteiger partial charge in [0.2, 0.25) is 0 Å². The monoisotopic (exact) mass is 648 g/mol. The van der Waals surface area contributed by atoms with Crippen molar-refractivity contribution in [3.05, 3.63) is 60.7 Å². The average Bonchev–Trinajstić information content (AvgIpc) is 3.95. The Morgan fingerprint density at radius 3 is 1.90 bits per heavy atom. The van der Waals surface area contributed by atoms with Crippen LogP contribution in [0.5, 0.6) is 0 Å². The van der Waals surface area contributed by atoms with Gasteiger partial charge in [0.15, 0.2) is 34.7 Å². The first kappa shape index (κ1) is 30.3. The summed E-state index contributed by atoms with van der Waals surface area (Å²) < 4.78 is 13.3. The molecule has 0 saturated carbocycles. The number of nitrogen functional groups attached to an aromatic ring is 2. The second kappa shape index (κ2) is 12.8. The van der Waals surface area contributed by atoms with Gasteiger partial charge in [-0.2, -0.15) is 0 Å². The first-order valence-corrected chi connectivity index (χ1v) is 15.4. The smallest absolute Gasteiger partial charge is 0.257 e. The Morgan fingerprint density at radius 1 is 0.771 bits per heavy atom. The zero-order valence-electron chi connectivity index (χ0n) is 26.2. The molecule has 48 heavy (non-hydrogen) atoms. The van der Waals surface area contributed by atoms with Crippen molar-refractivity contribution < 1.29 is 14.1 Å². The highest BCUT2D eigenvalue weighted by molar-refractivity contribution is 6.05. The maximum atomic E-state index is 12.9. The normalized spacial score (nSPS) is 12.8. The number of pyridine rings is 2. The molecule has 17 nitrogen and oxygen atoms in total. The third-order valence-corrected chi connectivity index (χ3v) is 8.06. The molecule has 17 heteroatoms. The van der Waals surface area contributed by atoms with Gasteiger partial charge >= 0.3 is 0 Å². The lowest BCUT2D eigenvalue weighted by atomic mass is 10.2. The quantitative estimate of drug-likeness (QED) is 0.221. The number of benzene rings is 1. The number of carbonyl (C=O) groups is 1. The fourth-order valence-electron chi connectivity index (χ4n) is 5.87. The van der Waals surface area contributed by atoms with Crippen molar-refractivity contribution in [1.29, 1.82) is 0 Å². The summed E-state index contributed by atoms with van der Waals surface area (Å²) in [5, 5.41) is 18.3. The number of aryl methyl sites for hydroxylation is 2. The maximum absolute atomic E-state index is 12.9. The molecule has 8 rings (SSSR count). The van der Waals surface area contributed by atoms with Crippen molar-refractivity contribution in [3.8, 4) is 23.0 Å². The second-order valence-corrected chi connectivity index (χ2v) is 11.0. The summed E-state index contributed by atoms with van der Waals surface area (Å²) in [5.74, 6) is 1.49. The topological polar surface area (TPSA) is 224 Å². The fraction of sp³-hybridized carbons (Fsp3) is 0.258. The molecule has 1 saturated heterocycles. The van der Waals surface area contributed by atoms with Crippen molar-refractivity contribution in [3.63, 3.8) is 0 Å². The van der Waals surface area contributed by atoms with E-state index in [1.165, 1.54) is 0 Å². The molecule has 1 fully saturated rings. The van der Waals surface area contributed by atoms with Crippen LogP contribution in [-0.4, -0.2) is 73.6 Å². The molecule has 0 bridgehead atoms. The van der Waals surface area contributed by atoms with Crippen molar-refractivity contribution in [1.82, 2.24) is 54.6 Å². The van der Waals surface area contributed by atoms with E-state index in [2.05, 4.69) is 50.5 Å². The van der Waals surface area contributed by atoms with E-state index in [0.29, 0.717) is 47.2 Å². The molecule has 5 N–H and O–H groups in total. The summed E-state index contributed by atoms with van der Waals surface area (Å²) in [7, 11) is 0. The molecule has 244 valence electrons. The lowest BCUT2D eigenvalue weighted by Crippen LogP contribution is -2.28. The number of carbonyl (C=O) groups excluding carboxylic acids is 1. The number of fused-ring (bicyclic) bond motifs is 2. The van der Waals surface area contributed by atoms with E-state index < -0.39 is 0 Å². The van der Waals surface area contributed by atoms with Crippen LogP contribution in [0.4, 0.5) is 23.0 Å². The minimum atomic E-state index is -0.0157. The van der Waals surface area contributed by atoms with Crippen LogP contribution in [0.1, 0.15) is 37.0 Å². The summed E-state index contributed by atoms with van der Waals surface area (Å²) in [6.07, 6.45) is 8.80. The summed E-state index contributed by atoms with van der Waals surface area (Å²) in [6, 6.07) is 9.90. The highest BCUT2D eigenvalue weighted by atomic mass is 16.6. The highest BCUT2D eigenvalue weighted by Gasteiger charge is 2.26. The molecule has 0 atom stereocenters. The molecule has 6 aromatic heterocycles. The summed E-state index contributed by atoms with van der Waals surface area (Å²) in [5.41, 5.74) is 17.8. The van der Waals surface area contributed by atoms with E-state index in [1.807, 2.05) is 58.2 Å². The Hall–Kier alpha value is -6.39. The minimum Gasteiger partial charge on any atom is -0.379 e. The molecule has 7 heterocycles. The molecule has 0 unspecified atom stereocenters. The fourth-order valence-corrected chi connectivity index (χ4v) is 5.87. The summed E-state index contributed by atoms with van der Waals surface area (Å²) in [4.78, 5) is 32.3. The SMILES string of the molecule is CCn1c(-c2nonc2N)nc2cncc(C(=O)N3CCCC3)c21.CCn1c(-c2nonc2N)nc2cncc(Nc3ccccc3)c21. The van der Waals surface area contributed by atoms with E-state index in [1.54, 1.807) is 24.8 Å². The zero-order chi connectivity index (χ0) is 33.2. The number of rotatable bonds is 7. The van der Waals surface area contributed by atoms with Gasteiger partial charge in [-0.1, -0.05) is 18.2 Å². The number of nitrogens with two attached hydrogens (primary N) is 2. The first-order valence-electron chi connectivity index (χ1n) is 15.4. The van der Waals surface area contributed by atoms with Crippen LogP contribution in [-0.2, 0) is 13.1 Å². The molecular formula is C31H32N14O3. The predicted molar refractivity (Wildman–Crippen MR) is 177 cm³/mol. The van der Waals surface area contributed by atoms with Gasteiger partial charge in [0, 0.05) is 38.1 Å². The van der Waals surface area contributed by atoms with E-state index in [-0.39, 0.29) is 17.5 Å². The minimum absolute atomic E-state index is 0.0157. The van der Waals surface area contributed by atoms with Crippen LogP contribution in [0.15, 0.2) is 64.4 Å². The van der Waals surface area contributed by atoms with Crippen molar-refractivity contribution in [2.75, 3.05) is 29.9 Å². The van der Waals surface area contributed by atoms with E-state index >= 15 is 0 Å². The zero-order valence-corrected chi connectivity index (χ0v) is 26.2. The van der Waals surface area contributed by atoms with Gasteiger partial charge in [-0.25, -0.2) is 19.2 Å². The number of likely N-dealkylation sites (tertiary alicyclic amines) is 1. The van der Waals surface area contributed by atoms with Gasteiger partial charge in [-0.05, 0) is 59.4 Å². The number of nitrogens with one attached hydrogen (secondary N) is 1. The third kappa shape index (κ3) is 5.40. The van der Waals surface area contributed by atoms with Gasteiger partial charge in [-0.15, -0.1) is 0 Å². The number of para-hydroxylation sites is 1. The van der Waals surface area contributed by atoms with Gasteiger partial charge in [-0.3, -0.25) is 14.8 Å². The molecule has 1 aliphatic rings. The maximum Gasteiger partial charge on any atom is 0.257 e. The molecule has 0 radical (unpaired) electrons. The number of aromatic nitrogens is 10. The standard InChI is InChI=1S/C16H15N7O.C15H17N7O2/c1-2-23-14-11(19-10-6-4-3-5-7-10)8-18-9-12(14)20-16(23)13-15(17)22-24-21-13;1-2-22-12-9(15(23)21-5-3-4-6-21)7-17-8-10(12)18-14(22)11-13(16)20-24-19-11/h3-9,19H,2H2,1H3,(H2,17,22);7-8H,2-6H2,1H3,(H2,16,20). The molecule has 7 aromatic rings. The van der Waals surface area contributed by atoms with Crippen LogP contribution in [0, 0.1) is 0 Å². The molecule has 1 amide bonds. The summed E-state index contributed by atoms with van der Waals surface area (Å²) >= 11 is 0. The van der Waals surface area contributed by atoms with Crippen molar-refractivity contribution >= 4 is 51.0 Å². The Morgan fingerprint density at radius 2 is 1.33 bits per heavy atom. The lowest BCUT2D eigenvalue weighted by Gasteiger charge is -2.16. The number of hydrogen-bond acceptors (Lipinski definition) is 14. The van der Waals surface area contributed by atoms with Crippen molar-refractivity contribution in [2.24, 2.45) is 0 Å². The van der Waals surface area contributed by atoms with Crippen LogP contribution >= 0.6 is 0 Å². The molecule has 1 aromatic carbocycles. The van der Waals surface area contributed by atoms with E-state index in [0.717, 1.165) is 53.9 Å². The Kier molecular flexibility index (Phi) is 8.06. The largest absolute Gasteiger partial charge is 0.379 e. The Labute approximate surface area is 272 Å². The number of nitrogens with zero attached hydrogens (tertiary/aromatic N) is 11. The number of anilines is 4. The van der Waals surface area contributed by atoms with Crippen LogP contribution in [0.3, 0.4) is 0 Å². The summed E-state index contributed by atoms with van der Waals surface area (Å²) in [6.45, 7) is 6.85. The van der Waals surface area contributed by atoms with Gasteiger partial charge in [0.25, 0.3) is 5.91 Å². The molecule has 0 aliphatic carbocycles. The van der Waals surface area contributed by atoms with Gasteiger partial charge < -0.3 is 30.8 Å². The first-order chi connectivity index (χ1) is 23.5. The number of hydrogen-bond donors (Lipinski definition) is 3. The highest BCUT2D eigenvalue weighted by Crippen LogP contribution is 2.32. The van der Waals surface area contributed by atoms with Gasteiger partial charge in [0.05, 0.1) is 40.9 Å². The molecule has 1 aliphatic heterocycles. The number of amides is 1. The predicted octanol–water partition coefficient (Wildman–Crippen LogP) is 4.15. The Balaban J connectivity index is 0.000000152. The molecular weight excluding hydrogens is 616 g/mol. The Bertz CT molecular complexity index is 2210. The van der Waals surface area contributed by atoms with Gasteiger partial charge in [0.1, 0.15) is 11.0 Å². The van der Waals surface area contributed by atoms with Crippen LogP contribution < -0.4 is 16.8 Å². The van der Waals surface area contributed by atoms with Crippen LogP contribution in [0.2, 0.25) is 0 Å². The third-order valence-electron chi connectivity index (χ3n) is 8.06. The second-order valence-electron chi connectivity index (χ2n) is 11.0. The number of imidazole rings is 2. The van der Waals surface area contributed by atoms with Crippen molar-refractivity contribution in [2.45, 2.75) is 39.8 Å². The van der Waals surface area contributed by atoms with E-state index in [4.69, 9.17) is 16.1 Å². The lowest BCUT2D eigenvalue weighted by molar-refractivity contribution is 0.0794. The van der Waals surface area contributed by atoms with E-state index in [9.17, 15) is 4.79 Å².